The van der Waals surface area contributed by atoms with E-state index in [9.17, 15) is 9.18 Å². The highest BCUT2D eigenvalue weighted by Crippen LogP contribution is 2.19. The summed E-state index contributed by atoms with van der Waals surface area (Å²) >= 11 is 0. The number of methoxy groups -OCH3 is 1. The summed E-state index contributed by atoms with van der Waals surface area (Å²) < 4.78 is 18.5. The first-order valence-electron chi connectivity index (χ1n) is 8.87. The maximum atomic E-state index is 13.3. The highest BCUT2D eigenvalue weighted by molar-refractivity contribution is 5.93. The zero-order chi connectivity index (χ0) is 18.5. The molecule has 2 aromatic carbocycles. The Balaban J connectivity index is 1.54. The van der Waals surface area contributed by atoms with Crippen LogP contribution in [0.2, 0.25) is 0 Å². The Labute approximate surface area is 153 Å². The predicted molar refractivity (Wildman–Crippen MR) is 100 cm³/mol. The van der Waals surface area contributed by atoms with Crippen LogP contribution in [0.4, 0.5) is 15.8 Å². The third-order valence-corrected chi connectivity index (χ3v) is 4.94. The van der Waals surface area contributed by atoms with E-state index < -0.39 is 0 Å². The number of nitrogens with one attached hydrogen (secondary N) is 2. The van der Waals surface area contributed by atoms with Crippen LogP contribution in [-0.4, -0.2) is 45.2 Å². The minimum Gasteiger partial charge on any atom is -0.497 e. The third kappa shape index (κ3) is 4.32. The molecule has 1 amide bonds. The van der Waals surface area contributed by atoms with Crippen LogP contribution in [0.15, 0.2) is 48.5 Å². The summed E-state index contributed by atoms with van der Waals surface area (Å²) in [5.41, 5.74) is 1.67. The molecule has 2 aromatic rings. The van der Waals surface area contributed by atoms with E-state index in [0.717, 1.165) is 31.9 Å². The predicted octanol–water partition coefficient (Wildman–Crippen LogP) is 1.57. The van der Waals surface area contributed by atoms with Crippen LogP contribution in [0.25, 0.3) is 0 Å². The van der Waals surface area contributed by atoms with E-state index in [1.807, 2.05) is 19.1 Å². The lowest BCUT2D eigenvalue weighted by Crippen LogP contribution is -3.19. The number of anilines is 2. The normalized spacial score (nSPS) is 16.2. The topological polar surface area (TPSA) is 46.0 Å². The average Bonchev–Trinajstić information content (AvgIpc) is 2.67. The van der Waals surface area contributed by atoms with Crippen molar-refractivity contribution in [3.63, 3.8) is 0 Å². The number of piperazine rings is 1. The van der Waals surface area contributed by atoms with Gasteiger partial charge in [-0.15, -0.1) is 0 Å². The zero-order valence-corrected chi connectivity index (χ0v) is 15.2. The Bertz CT molecular complexity index is 743. The first-order chi connectivity index (χ1) is 12.6. The van der Waals surface area contributed by atoms with E-state index in [-0.39, 0.29) is 17.8 Å². The summed E-state index contributed by atoms with van der Waals surface area (Å²) in [4.78, 5) is 16.0. The number of ether oxygens (including phenoxy) is 1. The Morgan fingerprint density at radius 1 is 1.19 bits per heavy atom. The van der Waals surface area contributed by atoms with Crippen LogP contribution in [0.5, 0.6) is 5.75 Å². The molecule has 0 saturated carbocycles. The van der Waals surface area contributed by atoms with E-state index in [1.54, 1.807) is 19.2 Å². The summed E-state index contributed by atoms with van der Waals surface area (Å²) in [7, 11) is 1.66. The van der Waals surface area contributed by atoms with Crippen LogP contribution in [0, 0.1) is 5.82 Å². The number of carbonyl (C=O) groups is 1. The summed E-state index contributed by atoms with van der Waals surface area (Å²) in [6.45, 7) is 5.46. The molecular formula is C20H25FN3O2+. The number of nitrogens with zero attached hydrogens (tertiary/aromatic N) is 1. The van der Waals surface area contributed by atoms with Crippen molar-refractivity contribution < 1.29 is 18.8 Å². The molecule has 0 aliphatic carbocycles. The van der Waals surface area contributed by atoms with Gasteiger partial charge < -0.3 is 19.9 Å². The van der Waals surface area contributed by atoms with Gasteiger partial charge >= 0.3 is 0 Å². The van der Waals surface area contributed by atoms with E-state index in [4.69, 9.17) is 4.74 Å². The maximum absolute atomic E-state index is 13.3. The molecule has 1 atom stereocenters. The van der Waals surface area contributed by atoms with E-state index in [2.05, 4.69) is 22.3 Å². The summed E-state index contributed by atoms with van der Waals surface area (Å²) in [5.74, 6) is 0.417. The van der Waals surface area contributed by atoms with Crippen LogP contribution in [0.1, 0.15) is 6.92 Å². The van der Waals surface area contributed by atoms with Crippen molar-refractivity contribution in [3.8, 4) is 5.75 Å². The monoisotopic (exact) mass is 358 g/mol. The number of carbonyl (C=O) groups excluding carboxylic acids is 1. The van der Waals surface area contributed by atoms with Crippen molar-refractivity contribution in [3.05, 3.63) is 54.3 Å². The molecule has 0 bridgehead atoms. The molecule has 3 rings (SSSR count). The molecule has 0 spiro atoms. The summed E-state index contributed by atoms with van der Waals surface area (Å²) in [6.07, 6.45) is 0. The van der Waals surface area contributed by atoms with Crippen LogP contribution < -0.4 is 19.9 Å². The lowest BCUT2D eigenvalue weighted by molar-refractivity contribution is -0.914. The van der Waals surface area contributed by atoms with Gasteiger partial charge in [-0.05, 0) is 49.4 Å². The molecule has 0 radical (unpaired) electrons. The second-order valence-electron chi connectivity index (χ2n) is 6.56. The second-order valence-corrected chi connectivity index (χ2v) is 6.56. The Morgan fingerprint density at radius 2 is 1.88 bits per heavy atom. The molecule has 1 aliphatic rings. The maximum Gasteiger partial charge on any atom is 0.282 e. The van der Waals surface area contributed by atoms with Crippen LogP contribution >= 0.6 is 0 Å². The number of rotatable bonds is 5. The van der Waals surface area contributed by atoms with Gasteiger partial charge in [0.15, 0.2) is 6.04 Å². The first-order valence-corrected chi connectivity index (χ1v) is 8.87. The number of benzene rings is 2. The molecule has 2 N–H and O–H groups in total. The molecular weight excluding hydrogens is 333 g/mol. The van der Waals surface area contributed by atoms with Crippen molar-refractivity contribution in [1.29, 1.82) is 0 Å². The number of hydrogen-bond donors (Lipinski definition) is 2. The van der Waals surface area contributed by atoms with Crippen LogP contribution in [0.3, 0.4) is 0 Å². The molecule has 6 heteroatoms. The minimum absolute atomic E-state index is 0.0801. The molecule has 5 nitrogen and oxygen atoms in total. The van der Waals surface area contributed by atoms with E-state index in [0.29, 0.717) is 5.69 Å². The van der Waals surface area contributed by atoms with Gasteiger partial charge in [0.25, 0.3) is 5.91 Å². The highest BCUT2D eigenvalue weighted by atomic mass is 19.1. The quantitative estimate of drug-likeness (QED) is 0.853. The highest BCUT2D eigenvalue weighted by Gasteiger charge is 2.29. The van der Waals surface area contributed by atoms with Gasteiger partial charge in [-0.3, -0.25) is 4.79 Å². The molecule has 138 valence electrons. The zero-order valence-electron chi connectivity index (χ0n) is 15.2. The molecule has 1 saturated heterocycles. The van der Waals surface area contributed by atoms with E-state index in [1.165, 1.54) is 22.7 Å². The molecule has 1 heterocycles. The molecule has 26 heavy (non-hydrogen) atoms. The number of halogens is 1. The van der Waals surface area contributed by atoms with Crippen molar-refractivity contribution in [1.82, 2.24) is 0 Å². The number of quaternary nitrogens is 1. The molecule has 1 fully saturated rings. The lowest BCUT2D eigenvalue weighted by atomic mass is 10.2. The first kappa shape index (κ1) is 18.2. The van der Waals surface area contributed by atoms with Crippen molar-refractivity contribution in [2.24, 2.45) is 0 Å². The third-order valence-electron chi connectivity index (χ3n) is 4.94. The smallest absolute Gasteiger partial charge is 0.282 e. The van der Waals surface area contributed by atoms with Crippen molar-refractivity contribution in [2.45, 2.75) is 13.0 Å². The number of amides is 1. The van der Waals surface area contributed by atoms with Gasteiger partial charge in [0, 0.05) is 11.4 Å². The minimum atomic E-state index is -0.351. The van der Waals surface area contributed by atoms with Gasteiger partial charge in [0.05, 0.1) is 33.3 Å². The van der Waals surface area contributed by atoms with Crippen LogP contribution in [-0.2, 0) is 4.79 Å². The van der Waals surface area contributed by atoms with Gasteiger partial charge in [-0.25, -0.2) is 4.39 Å². The second kappa shape index (κ2) is 8.19. The SMILES string of the molecule is COc1ccc(N2CC[NH+]([C@H](C)C(=O)Nc3cccc(F)c3)CC2)cc1. The lowest BCUT2D eigenvalue weighted by Gasteiger charge is -2.36. The van der Waals surface area contributed by atoms with Gasteiger partial charge in [-0.1, -0.05) is 6.07 Å². The molecule has 1 aliphatic heterocycles. The number of hydrogen-bond acceptors (Lipinski definition) is 3. The van der Waals surface area contributed by atoms with Crippen molar-refractivity contribution in [2.75, 3.05) is 43.5 Å². The fourth-order valence-electron chi connectivity index (χ4n) is 3.28. The van der Waals surface area contributed by atoms with E-state index >= 15 is 0 Å². The van der Waals surface area contributed by atoms with Gasteiger partial charge in [-0.2, -0.15) is 0 Å². The molecule has 0 unspecified atom stereocenters. The van der Waals surface area contributed by atoms with Gasteiger partial charge in [0.2, 0.25) is 0 Å². The van der Waals surface area contributed by atoms with Crippen molar-refractivity contribution >= 4 is 17.3 Å². The fraction of sp³-hybridized carbons (Fsp3) is 0.350. The van der Waals surface area contributed by atoms with Gasteiger partial charge in [0.1, 0.15) is 11.6 Å². The Kier molecular flexibility index (Phi) is 5.73. The Morgan fingerprint density at radius 3 is 2.50 bits per heavy atom. The summed E-state index contributed by atoms with van der Waals surface area (Å²) in [6, 6.07) is 13.8. The standard InChI is InChI=1S/C20H24FN3O2/c1-15(20(25)22-17-5-3-4-16(21)14-17)23-10-12-24(13-11-23)18-6-8-19(26-2)9-7-18/h3-9,14-15H,10-13H2,1-2H3,(H,22,25)/p+1/t15-/m1/s1. The fourth-order valence-corrected chi connectivity index (χ4v) is 3.28. The average molecular weight is 358 g/mol. The summed E-state index contributed by atoms with van der Waals surface area (Å²) in [5, 5.41) is 2.81. The molecule has 0 aromatic heterocycles. The Hall–Kier alpha value is -2.60. The largest absolute Gasteiger partial charge is 0.497 e.